The van der Waals surface area contributed by atoms with Crippen molar-refractivity contribution in [2.45, 2.75) is 43.7 Å². The van der Waals surface area contributed by atoms with Crippen LogP contribution >= 0.6 is 0 Å². The summed E-state index contributed by atoms with van der Waals surface area (Å²) in [5.41, 5.74) is 1.07. The number of nitrogens with one attached hydrogen (secondary N) is 4. The molecule has 0 radical (unpaired) electrons. The predicted octanol–water partition coefficient (Wildman–Crippen LogP) is 1.84. The lowest BCUT2D eigenvalue weighted by atomic mass is 10.1. The summed E-state index contributed by atoms with van der Waals surface area (Å²) in [6, 6.07) is 11.2. The summed E-state index contributed by atoms with van der Waals surface area (Å²) < 4.78 is 27.5. The maximum Gasteiger partial charge on any atom is 0.253 e. The van der Waals surface area contributed by atoms with Crippen molar-refractivity contribution in [3.63, 3.8) is 0 Å². The third-order valence-electron chi connectivity index (χ3n) is 4.55. The lowest BCUT2D eigenvalue weighted by Gasteiger charge is -2.16. The van der Waals surface area contributed by atoms with Crippen LogP contribution in [-0.4, -0.2) is 38.2 Å². The highest BCUT2D eigenvalue weighted by Gasteiger charge is 2.26. The van der Waals surface area contributed by atoms with Crippen molar-refractivity contribution < 1.29 is 22.8 Å². The Hall–Kier alpha value is -3.24. The van der Waals surface area contributed by atoms with Crippen LogP contribution in [-0.2, 0) is 19.6 Å². The Kier molecular flexibility index (Phi) is 6.71. The van der Waals surface area contributed by atoms with Crippen LogP contribution in [0.3, 0.4) is 0 Å². The lowest BCUT2D eigenvalue weighted by Crippen LogP contribution is -2.41. The van der Waals surface area contributed by atoms with E-state index in [9.17, 15) is 22.8 Å². The second-order valence-corrected chi connectivity index (χ2v) is 9.05. The first-order valence-electron chi connectivity index (χ1n) is 9.76. The molecule has 1 aliphatic rings. The summed E-state index contributed by atoms with van der Waals surface area (Å²) >= 11 is 0. The van der Waals surface area contributed by atoms with Crippen LogP contribution in [0.15, 0.2) is 53.4 Å². The van der Waals surface area contributed by atoms with Crippen LogP contribution in [0.25, 0.3) is 0 Å². The van der Waals surface area contributed by atoms with Crippen molar-refractivity contribution in [1.82, 2.24) is 10.0 Å². The van der Waals surface area contributed by atoms with Crippen molar-refractivity contribution in [2.24, 2.45) is 0 Å². The fourth-order valence-corrected chi connectivity index (χ4v) is 4.00. The van der Waals surface area contributed by atoms with Crippen LogP contribution in [0.5, 0.6) is 0 Å². The molecule has 0 aromatic heterocycles. The van der Waals surface area contributed by atoms with Gasteiger partial charge in [0, 0.05) is 18.7 Å². The van der Waals surface area contributed by atoms with Gasteiger partial charge in [0.05, 0.1) is 22.2 Å². The number of hydrogen-bond donors (Lipinski definition) is 4. The summed E-state index contributed by atoms with van der Waals surface area (Å²) in [5.74, 6) is -1.17. The van der Waals surface area contributed by atoms with E-state index in [0.717, 1.165) is 12.8 Å². The van der Waals surface area contributed by atoms with Crippen LogP contribution in [0.2, 0.25) is 0 Å². The highest BCUT2D eigenvalue weighted by molar-refractivity contribution is 7.89. The predicted molar refractivity (Wildman–Crippen MR) is 116 cm³/mol. The molecule has 2 aromatic carbocycles. The molecule has 3 amide bonds. The number of para-hydroxylation sites is 1. The number of benzene rings is 2. The summed E-state index contributed by atoms with van der Waals surface area (Å²) in [4.78, 5) is 36.0. The molecule has 0 bridgehead atoms. The molecule has 2 aromatic rings. The SMILES string of the molecule is CC(=O)Nc1ccc(S(=O)(=O)N[C@@H](C)C(=O)Nc2ccccc2C(=O)NC2CC2)cc1. The molecule has 1 aliphatic carbocycles. The molecule has 3 rings (SSSR count). The quantitative estimate of drug-likeness (QED) is 0.493. The number of anilines is 2. The van der Waals surface area contributed by atoms with E-state index in [1.165, 1.54) is 38.1 Å². The second kappa shape index (κ2) is 9.27. The van der Waals surface area contributed by atoms with Crippen molar-refractivity contribution >= 4 is 39.1 Å². The van der Waals surface area contributed by atoms with Gasteiger partial charge in [-0.15, -0.1) is 0 Å². The zero-order chi connectivity index (χ0) is 22.6. The van der Waals surface area contributed by atoms with Gasteiger partial charge in [-0.25, -0.2) is 8.42 Å². The Morgan fingerprint density at radius 1 is 0.968 bits per heavy atom. The molecule has 10 heteroatoms. The van der Waals surface area contributed by atoms with E-state index >= 15 is 0 Å². The molecule has 1 fully saturated rings. The fraction of sp³-hybridized carbons (Fsp3) is 0.286. The minimum absolute atomic E-state index is 0.0505. The summed E-state index contributed by atoms with van der Waals surface area (Å²) in [6.45, 7) is 2.76. The van der Waals surface area contributed by atoms with E-state index in [1.54, 1.807) is 24.3 Å². The highest BCUT2D eigenvalue weighted by atomic mass is 32.2. The Morgan fingerprint density at radius 3 is 2.23 bits per heavy atom. The summed E-state index contributed by atoms with van der Waals surface area (Å²) in [5, 5.41) is 8.03. The van der Waals surface area contributed by atoms with Gasteiger partial charge in [-0.1, -0.05) is 12.1 Å². The third kappa shape index (κ3) is 6.12. The van der Waals surface area contributed by atoms with Crippen molar-refractivity contribution in [1.29, 1.82) is 0 Å². The minimum Gasteiger partial charge on any atom is -0.349 e. The van der Waals surface area contributed by atoms with Crippen LogP contribution in [0, 0.1) is 0 Å². The number of rotatable bonds is 8. The molecule has 1 saturated carbocycles. The zero-order valence-electron chi connectivity index (χ0n) is 17.1. The van der Waals surface area contributed by atoms with Gasteiger partial charge in [-0.3, -0.25) is 14.4 Å². The molecule has 0 aliphatic heterocycles. The zero-order valence-corrected chi connectivity index (χ0v) is 18.0. The number of sulfonamides is 1. The Labute approximate surface area is 180 Å². The first-order valence-corrected chi connectivity index (χ1v) is 11.2. The largest absolute Gasteiger partial charge is 0.349 e. The molecular weight excluding hydrogens is 420 g/mol. The van der Waals surface area contributed by atoms with Crippen LogP contribution in [0.4, 0.5) is 11.4 Å². The average molecular weight is 445 g/mol. The average Bonchev–Trinajstić information content (AvgIpc) is 3.52. The first kappa shape index (κ1) is 22.4. The first-order chi connectivity index (χ1) is 14.7. The smallest absolute Gasteiger partial charge is 0.253 e. The van der Waals surface area contributed by atoms with Crippen LogP contribution < -0.4 is 20.7 Å². The van der Waals surface area contributed by atoms with Gasteiger partial charge >= 0.3 is 0 Å². The number of hydrogen-bond acceptors (Lipinski definition) is 5. The number of carbonyl (C=O) groups excluding carboxylic acids is 3. The monoisotopic (exact) mass is 444 g/mol. The molecular formula is C21H24N4O5S. The molecule has 31 heavy (non-hydrogen) atoms. The Bertz CT molecular complexity index is 1100. The van der Waals surface area contributed by atoms with E-state index in [1.807, 2.05) is 0 Å². The normalized spacial score (nSPS) is 14.4. The molecule has 0 saturated heterocycles. The van der Waals surface area contributed by atoms with Gasteiger partial charge in [0.2, 0.25) is 21.8 Å². The van der Waals surface area contributed by atoms with E-state index in [-0.39, 0.29) is 22.8 Å². The van der Waals surface area contributed by atoms with Gasteiger partial charge in [0.15, 0.2) is 0 Å². The molecule has 0 heterocycles. The summed E-state index contributed by atoms with van der Waals surface area (Å²) in [6.07, 6.45) is 1.87. The molecule has 0 unspecified atom stereocenters. The highest BCUT2D eigenvalue weighted by Crippen LogP contribution is 2.22. The van der Waals surface area contributed by atoms with Gasteiger partial charge in [0.25, 0.3) is 5.91 Å². The molecule has 9 nitrogen and oxygen atoms in total. The number of amides is 3. The number of carbonyl (C=O) groups is 3. The molecule has 0 spiro atoms. The minimum atomic E-state index is -3.98. The fourth-order valence-electron chi connectivity index (χ4n) is 2.80. The van der Waals surface area contributed by atoms with Crippen molar-refractivity contribution in [2.75, 3.05) is 10.6 Å². The standard InChI is InChI=1S/C21H24N4O5S/c1-13(25-31(29,30)17-11-9-15(10-12-17)22-14(2)26)20(27)24-19-6-4-3-5-18(19)21(28)23-16-7-8-16/h3-6,9-13,16,25H,7-8H2,1-2H3,(H,22,26)(H,23,28)(H,24,27)/t13-/m0/s1. The maximum atomic E-state index is 12.6. The van der Waals surface area contributed by atoms with E-state index in [0.29, 0.717) is 16.9 Å². The molecule has 4 N–H and O–H groups in total. The van der Waals surface area contributed by atoms with Crippen LogP contribution in [0.1, 0.15) is 37.0 Å². The van der Waals surface area contributed by atoms with Crippen molar-refractivity contribution in [3.05, 3.63) is 54.1 Å². The second-order valence-electron chi connectivity index (χ2n) is 7.33. The van der Waals surface area contributed by atoms with Gasteiger partial charge in [0.1, 0.15) is 0 Å². The van der Waals surface area contributed by atoms with E-state index < -0.39 is 22.0 Å². The van der Waals surface area contributed by atoms with Crippen molar-refractivity contribution in [3.8, 4) is 0 Å². The Morgan fingerprint density at radius 2 is 1.61 bits per heavy atom. The maximum absolute atomic E-state index is 12.6. The van der Waals surface area contributed by atoms with E-state index in [2.05, 4.69) is 20.7 Å². The van der Waals surface area contributed by atoms with E-state index in [4.69, 9.17) is 0 Å². The molecule has 164 valence electrons. The topological polar surface area (TPSA) is 133 Å². The summed E-state index contributed by atoms with van der Waals surface area (Å²) in [7, 11) is -3.98. The lowest BCUT2D eigenvalue weighted by molar-refractivity contribution is -0.117. The van der Waals surface area contributed by atoms with Gasteiger partial charge < -0.3 is 16.0 Å². The van der Waals surface area contributed by atoms with Gasteiger partial charge in [-0.2, -0.15) is 4.72 Å². The third-order valence-corrected chi connectivity index (χ3v) is 6.11. The Balaban J connectivity index is 1.66. The molecule has 1 atom stereocenters. The van der Waals surface area contributed by atoms with Gasteiger partial charge in [-0.05, 0) is 56.2 Å².